The van der Waals surface area contributed by atoms with E-state index in [1.165, 1.54) is 7.11 Å². The number of hydrogen-bond acceptors (Lipinski definition) is 4. The van der Waals surface area contributed by atoms with Crippen molar-refractivity contribution in [1.29, 1.82) is 0 Å². The number of carbonyl (C=O) groups excluding carboxylic acids is 2. The van der Waals surface area contributed by atoms with Gasteiger partial charge in [-0.15, -0.1) is 11.8 Å². The number of benzene rings is 1. The highest BCUT2D eigenvalue weighted by atomic mass is 32.2. The summed E-state index contributed by atoms with van der Waals surface area (Å²) in [5, 5.41) is 2.84. The number of thioether (sulfide) groups is 1. The minimum absolute atomic E-state index is 0.0158. The molecule has 17 heavy (non-hydrogen) atoms. The van der Waals surface area contributed by atoms with E-state index in [0.717, 1.165) is 10.6 Å². The van der Waals surface area contributed by atoms with Crippen molar-refractivity contribution < 1.29 is 14.3 Å². The zero-order chi connectivity index (χ0) is 12.4. The number of methoxy groups -OCH3 is 1. The van der Waals surface area contributed by atoms with Crippen LogP contribution in [0.1, 0.15) is 17.3 Å². The highest BCUT2D eigenvalue weighted by Crippen LogP contribution is 2.33. The summed E-state index contributed by atoms with van der Waals surface area (Å²) in [6.07, 6.45) is 0. The molecule has 5 heteroatoms. The lowest BCUT2D eigenvalue weighted by atomic mass is 10.2. The second kappa shape index (κ2) is 4.79. The number of rotatable bonds is 1. The second-order valence-electron chi connectivity index (χ2n) is 3.90. The molecule has 0 saturated carbocycles. The molecule has 1 aromatic rings. The van der Waals surface area contributed by atoms with Crippen molar-refractivity contribution in [2.75, 3.05) is 18.2 Å². The topological polar surface area (TPSA) is 55.4 Å². The minimum Gasteiger partial charge on any atom is -0.465 e. The lowest BCUT2D eigenvalue weighted by Gasteiger charge is -2.07. The molecular formula is C12H13NO3S. The Morgan fingerprint density at radius 2 is 2.29 bits per heavy atom. The van der Waals surface area contributed by atoms with Crippen molar-refractivity contribution in [2.24, 2.45) is 5.92 Å². The molecular weight excluding hydrogens is 238 g/mol. The van der Waals surface area contributed by atoms with Crippen molar-refractivity contribution >= 4 is 29.3 Å². The molecule has 1 atom stereocenters. The SMILES string of the molecule is COC(=O)c1ccc2c(c1)SCC(C)C(=O)N2. The van der Waals surface area contributed by atoms with Gasteiger partial charge in [-0.1, -0.05) is 6.92 Å². The number of fused-ring (bicyclic) bond motifs is 1. The maximum absolute atomic E-state index is 11.6. The molecule has 90 valence electrons. The van der Waals surface area contributed by atoms with Crippen LogP contribution in [-0.2, 0) is 9.53 Å². The standard InChI is InChI=1S/C12H13NO3S/c1-7-6-17-10-5-8(12(15)16-2)3-4-9(10)13-11(7)14/h3-5,7H,6H2,1-2H3,(H,13,14). The van der Waals surface area contributed by atoms with Crippen LogP contribution in [0.15, 0.2) is 23.1 Å². The number of esters is 1. The molecule has 1 heterocycles. The highest BCUT2D eigenvalue weighted by Gasteiger charge is 2.21. The molecule has 0 aliphatic carbocycles. The number of anilines is 1. The molecule has 1 amide bonds. The summed E-state index contributed by atoms with van der Waals surface area (Å²) in [6, 6.07) is 5.15. The van der Waals surface area contributed by atoms with Crippen LogP contribution in [0, 0.1) is 5.92 Å². The fourth-order valence-corrected chi connectivity index (χ4v) is 2.60. The van der Waals surface area contributed by atoms with Crippen LogP contribution < -0.4 is 5.32 Å². The van der Waals surface area contributed by atoms with Gasteiger partial charge in [0.15, 0.2) is 0 Å². The van der Waals surface area contributed by atoms with Gasteiger partial charge in [0.1, 0.15) is 0 Å². The van der Waals surface area contributed by atoms with Crippen LogP contribution >= 0.6 is 11.8 Å². The Hall–Kier alpha value is -1.49. The van der Waals surface area contributed by atoms with Crippen LogP contribution in [-0.4, -0.2) is 24.7 Å². The molecule has 0 bridgehead atoms. The zero-order valence-electron chi connectivity index (χ0n) is 9.65. The average molecular weight is 251 g/mol. The van der Waals surface area contributed by atoms with Gasteiger partial charge in [0.25, 0.3) is 0 Å². The molecule has 0 fully saturated rings. The molecule has 1 aromatic carbocycles. The van der Waals surface area contributed by atoms with Crippen molar-refractivity contribution in [1.82, 2.24) is 0 Å². The highest BCUT2D eigenvalue weighted by molar-refractivity contribution is 7.99. The van der Waals surface area contributed by atoms with Crippen LogP contribution in [0.2, 0.25) is 0 Å². The zero-order valence-corrected chi connectivity index (χ0v) is 10.5. The van der Waals surface area contributed by atoms with E-state index in [1.54, 1.807) is 30.0 Å². The van der Waals surface area contributed by atoms with E-state index in [1.807, 2.05) is 6.92 Å². The molecule has 0 radical (unpaired) electrons. The van der Waals surface area contributed by atoms with E-state index in [4.69, 9.17) is 0 Å². The number of amides is 1. The summed E-state index contributed by atoms with van der Waals surface area (Å²) in [4.78, 5) is 23.9. The van der Waals surface area contributed by atoms with E-state index in [9.17, 15) is 9.59 Å². The van der Waals surface area contributed by atoms with Crippen molar-refractivity contribution in [3.8, 4) is 0 Å². The summed E-state index contributed by atoms with van der Waals surface area (Å²) in [5.74, 6) is 0.330. The Balaban J connectivity index is 2.34. The van der Waals surface area contributed by atoms with Gasteiger partial charge in [0.05, 0.1) is 18.4 Å². The third kappa shape index (κ3) is 2.44. The largest absolute Gasteiger partial charge is 0.465 e. The first-order valence-electron chi connectivity index (χ1n) is 5.28. The Morgan fingerprint density at radius 1 is 1.53 bits per heavy atom. The van der Waals surface area contributed by atoms with E-state index in [-0.39, 0.29) is 17.8 Å². The first kappa shape index (κ1) is 12.0. The van der Waals surface area contributed by atoms with Crippen molar-refractivity contribution in [3.05, 3.63) is 23.8 Å². The normalized spacial score (nSPS) is 18.9. The van der Waals surface area contributed by atoms with Gasteiger partial charge < -0.3 is 10.1 Å². The first-order valence-corrected chi connectivity index (χ1v) is 6.26. The Labute approximate surface area is 104 Å². The van der Waals surface area contributed by atoms with Crippen LogP contribution in [0.3, 0.4) is 0 Å². The molecule has 1 N–H and O–H groups in total. The molecule has 0 spiro atoms. The summed E-state index contributed by atoms with van der Waals surface area (Å²) in [7, 11) is 1.35. The minimum atomic E-state index is -0.364. The van der Waals surface area contributed by atoms with E-state index < -0.39 is 0 Å². The summed E-state index contributed by atoms with van der Waals surface area (Å²) >= 11 is 1.57. The van der Waals surface area contributed by atoms with E-state index in [0.29, 0.717) is 11.3 Å². The van der Waals surface area contributed by atoms with Gasteiger partial charge in [-0.05, 0) is 18.2 Å². The fourth-order valence-electron chi connectivity index (χ4n) is 1.54. The average Bonchev–Trinajstić information content (AvgIpc) is 2.48. The van der Waals surface area contributed by atoms with Crippen molar-refractivity contribution in [2.45, 2.75) is 11.8 Å². The maximum Gasteiger partial charge on any atom is 0.337 e. The third-order valence-corrected chi connectivity index (χ3v) is 3.91. The van der Waals surface area contributed by atoms with Gasteiger partial charge in [0, 0.05) is 16.6 Å². The van der Waals surface area contributed by atoms with Gasteiger partial charge in [-0.2, -0.15) is 0 Å². The predicted octanol–water partition coefficient (Wildman–Crippen LogP) is 2.15. The molecule has 1 aliphatic heterocycles. The lowest BCUT2D eigenvalue weighted by Crippen LogP contribution is -2.20. The summed E-state index contributed by atoms with van der Waals surface area (Å²) < 4.78 is 4.67. The monoisotopic (exact) mass is 251 g/mol. The maximum atomic E-state index is 11.6. The third-order valence-electron chi connectivity index (χ3n) is 2.60. The fraction of sp³-hybridized carbons (Fsp3) is 0.333. The smallest absolute Gasteiger partial charge is 0.337 e. The Kier molecular flexibility index (Phi) is 3.38. The van der Waals surface area contributed by atoms with Crippen LogP contribution in [0.25, 0.3) is 0 Å². The molecule has 0 saturated heterocycles. The molecule has 1 unspecified atom stereocenters. The summed E-state index contributed by atoms with van der Waals surface area (Å²) in [6.45, 7) is 1.88. The number of nitrogens with one attached hydrogen (secondary N) is 1. The quantitative estimate of drug-likeness (QED) is 0.777. The molecule has 1 aliphatic rings. The number of hydrogen-bond donors (Lipinski definition) is 1. The van der Waals surface area contributed by atoms with Gasteiger partial charge in [-0.3, -0.25) is 4.79 Å². The van der Waals surface area contributed by atoms with Gasteiger partial charge in [-0.25, -0.2) is 4.79 Å². The Morgan fingerprint density at radius 3 is 3.00 bits per heavy atom. The van der Waals surface area contributed by atoms with Crippen LogP contribution in [0.4, 0.5) is 5.69 Å². The first-order chi connectivity index (χ1) is 8.11. The summed E-state index contributed by atoms with van der Waals surface area (Å²) in [5.41, 5.74) is 1.26. The number of carbonyl (C=O) groups is 2. The van der Waals surface area contributed by atoms with E-state index in [2.05, 4.69) is 10.1 Å². The van der Waals surface area contributed by atoms with Gasteiger partial charge >= 0.3 is 5.97 Å². The predicted molar refractivity (Wildman–Crippen MR) is 66.3 cm³/mol. The Bertz CT molecular complexity index is 473. The van der Waals surface area contributed by atoms with Crippen molar-refractivity contribution in [3.63, 3.8) is 0 Å². The number of ether oxygens (including phenoxy) is 1. The second-order valence-corrected chi connectivity index (χ2v) is 4.97. The van der Waals surface area contributed by atoms with Gasteiger partial charge in [0.2, 0.25) is 5.91 Å². The molecule has 2 rings (SSSR count). The molecule has 4 nitrogen and oxygen atoms in total. The van der Waals surface area contributed by atoms with Crippen LogP contribution in [0.5, 0.6) is 0 Å². The lowest BCUT2D eigenvalue weighted by molar-refractivity contribution is -0.118. The van der Waals surface area contributed by atoms with E-state index >= 15 is 0 Å². The molecule has 0 aromatic heterocycles.